The van der Waals surface area contributed by atoms with Crippen LogP contribution in [0.15, 0.2) is 29.4 Å². The third kappa shape index (κ3) is 5.73. The van der Waals surface area contributed by atoms with Gasteiger partial charge in [-0.1, -0.05) is 12.1 Å². The number of hydrogen-bond acceptors (Lipinski definition) is 3. The summed E-state index contributed by atoms with van der Waals surface area (Å²) in [5, 5.41) is 3.59. The molecule has 1 N–H and O–H groups in total. The molecule has 1 aromatic rings. The standard InChI is InChI=1S/C13H15F3N2O2/c1-12(2,3)20-11(19)18-17-8-9-4-6-10(7-5-9)13(14,15)16/h4-8H,1-3H3,(H,18,19)/b17-8+. The van der Waals surface area contributed by atoms with Gasteiger partial charge in [0.2, 0.25) is 0 Å². The van der Waals surface area contributed by atoms with Gasteiger partial charge in [0.15, 0.2) is 0 Å². The largest absolute Gasteiger partial charge is 0.443 e. The van der Waals surface area contributed by atoms with E-state index in [9.17, 15) is 18.0 Å². The van der Waals surface area contributed by atoms with E-state index in [1.54, 1.807) is 20.8 Å². The zero-order valence-corrected chi connectivity index (χ0v) is 11.3. The molecule has 0 unspecified atom stereocenters. The topological polar surface area (TPSA) is 50.7 Å². The first-order valence-electron chi connectivity index (χ1n) is 5.77. The number of carbonyl (C=O) groups excluding carboxylic acids is 1. The molecular weight excluding hydrogens is 273 g/mol. The Morgan fingerprint density at radius 2 is 1.75 bits per heavy atom. The Morgan fingerprint density at radius 3 is 2.20 bits per heavy atom. The number of nitrogens with zero attached hydrogens (tertiary/aromatic N) is 1. The average Bonchev–Trinajstić information content (AvgIpc) is 2.26. The monoisotopic (exact) mass is 288 g/mol. The molecule has 0 saturated carbocycles. The van der Waals surface area contributed by atoms with E-state index in [4.69, 9.17) is 4.74 Å². The third-order valence-electron chi connectivity index (χ3n) is 2.01. The fourth-order valence-electron chi connectivity index (χ4n) is 1.22. The molecule has 7 heteroatoms. The molecule has 110 valence electrons. The number of carbonyl (C=O) groups is 1. The lowest BCUT2D eigenvalue weighted by Crippen LogP contribution is -2.29. The summed E-state index contributed by atoms with van der Waals surface area (Å²) < 4.78 is 41.9. The van der Waals surface area contributed by atoms with Crippen LogP contribution in [-0.4, -0.2) is 17.9 Å². The van der Waals surface area contributed by atoms with Crippen LogP contribution < -0.4 is 5.43 Å². The van der Waals surface area contributed by atoms with Crippen LogP contribution in [0.25, 0.3) is 0 Å². The second kappa shape index (κ2) is 5.94. The number of halogens is 3. The van der Waals surface area contributed by atoms with Crippen LogP contribution in [0.3, 0.4) is 0 Å². The molecule has 0 aliphatic carbocycles. The quantitative estimate of drug-likeness (QED) is 0.668. The summed E-state index contributed by atoms with van der Waals surface area (Å²) in [6.45, 7) is 5.10. The Morgan fingerprint density at radius 1 is 1.20 bits per heavy atom. The van der Waals surface area contributed by atoms with E-state index in [1.807, 2.05) is 0 Å². The first-order chi connectivity index (χ1) is 9.08. The van der Waals surface area contributed by atoms with Gasteiger partial charge in [0, 0.05) is 0 Å². The highest BCUT2D eigenvalue weighted by atomic mass is 19.4. The van der Waals surface area contributed by atoms with Crippen LogP contribution in [0.2, 0.25) is 0 Å². The van der Waals surface area contributed by atoms with Crippen molar-refractivity contribution in [2.24, 2.45) is 5.10 Å². The van der Waals surface area contributed by atoms with Crippen LogP contribution in [0.5, 0.6) is 0 Å². The van der Waals surface area contributed by atoms with Gasteiger partial charge in [-0.25, -0.2) is 10.2 Å². The molecule has 20 heavy (non-hydrogen) atoms. The Bertz CT molecular complexity index is 488. The highest BCUT2D eigenvalue weighted by Gasteiger charge is 2.29. The van der Waals surface area contributed by atoms with Crippen molar-refractivity contribution in [3.05, 3.63) is 35.4 Å². The fourth-order valence-corrected chi connectivity index (χ4v) is 1.22. The molecule has 0 radical (unpaired) electrons. The predicted octanol–water partition coefficient (Wildman–Crippen LogP) is 3.56. The molecule has 0 saturated heterocycles. The van der Waals surface area contributed by atoms with Gasteiger partial charge in [-0.15, -0.1) is 0 Å². The van der Waals surface area contributed by atoms with Crippen molar-refractivity contribution in [2.75, 3.05) is 0 Å². The van der Waals surface area contributed by atoms with Crippen LogP contribution in [0.1, 0.15) is 31.9 Å². The van der Waals surface area contributed by atoms with Crippen molar-refractivity contribution in [3.8, 4) is 0 Å². The number of nitrogens with one attached hydrogen (secondary N) is 1. The Kier molecular flexibility index (Phi) is 4.75. The number of alkyl halides is 3. The summed E-state index contributed by atoms with van der Waals surface area (Å²) in [7, 11) is 0. The van der Waals surface area contributed by atoms with E-state index in [0.717, 1.165) is 12.1 Å². The summed E-state index contributed by atoms with van der Waals surface area (Å²) in [5.74, 6) is 0. The first-order valence-corrected chi connectivity index (χ1v) is 5.77. The Balaban J connectivity index is 2.57. The van der Waals surface area contributed by atoms with Crippen LogP contribution in [-0.2, 0) is 10.9 Å². The highest BCUT2D eigenvalue weighted by Crippen LogP contribution is 2.28. The normalized spacial score (nSPS) is 12.5. The molecule has 1 aromatic carbocycles. The van der Waals surface area contributed by atoms with Crippen molar-refractivity contribution in [3.63, 3.8) is 0 Å². The Hall–Kier alpha value is -2.05. The molecule has 0 aliphatic heterocycles. The van der Waals surface area contributed by atoms with Gasteiger partial charge in [-0.05, 0) is 38.5 Å². The van der Waals surface area contributed by atoms with Crippen molar-refractivity contribution in [2.45, 2.75) is 32.5 Å². The van der Waals surface area contributed by atoms with Crippen molar-refractivity contribution in [1.82, 2.24) is 5.43 Å². The summed E-state index contributed by atoms with van der Waals surface area (Å²) in [4.78, 5) is 11.2. The maximum atomic E-state index is 12.3. The maximum absolute atomic E-state index is 12.3. The van der Waals surface area contributed by atoms with Gasteiger partial charge in [0.1, 0.15) is 5.60 Å². The number of amides is 1. The smallest absolute Gasteiger partial charge is 0.428 e. The van der Waals surface area contributed by atoms with Crippen molar-refractivity contribution in [1.29, 1.82) is 0 Å². The lowest BCUT2D eigenvalue weighted by Gasteiger charge is -2.18. The van der Waals surface area contributed by atoms with Gasteiger partial charge in [0.25, 0.3) is 0 Å². The van der Waals surface area contributed by atoms with Gasteiger partial charge < -0.3 is 4.74 Å². The van der Waals surface area contributed by atoms with Crippen LogP contribution >= 0.6 is 0 Å². The summed E-state index contributed by atoms with van der Waals surface area (Å²) in [6, 6.07) is 4.38. The summed E-state index contributed by atoms with van der Waals surface area (Å²) >= 11 is 0. The minimum atomic E-state index is -4.37. The average molecular weight is 288 g/mol. The number of benzene rings is 1. The minimum absolute atomic E-state index is 0.425. The number of hydrazone groups is 1. The lowest BCUT2D eigenvalue weighted by molar-refractivity contribution is -0.137. The predicted molar refractivity (Wildman–Crippen MR) is 68.4 cm³/mol. The number of rotatable bonds is 2. The third-order valence-corrected chi connectivity index (χ3v) is 2.01. The fraction of sp³-hybridized carbons (Fsp3) is 0.385. The van der Waals surface area contributed by atoms with Crippen LogP contribution in [0.4, 0.5) is 18.0 Å². The van der Waals surface area contributed by atoms with E-state index < -0.39 is 23.4 Å². The van der Waals surface area contributed by atoms with E-state index in [-0.39, 0.29) is 0 Å². The summed E-state index contributed by atoms with van der Waals surface area (Å²) in [5.41, 5.74) is 1.16. The molecule has 1 amide bonds. The number of ether oxygens (including phenoxy) is 1. The SMILES string of the molecule is CC(C)(C)OC(=O)N/N=C/c1ccc(C(F)(F)F)cc1. The van der Waals surface area contributed by atoms with Crippen molar-refractivity contribution < 1.29 is 22.7 Å². The Labute approximate surface area is 114 Å². The zero-order chi connectivity index (χ0) is 15.4. The lowest BCUT2D eigenvalue weighted by atomic mass is 10.1. The maximum Gasteiger partial charge on any atom is 0.428 e. The van der Waals surface area contributed by atoms with Crippen molar-refractivity contribution >= 4 is 12.3 Å². The van der Waals surface area contributed by atoms with Gasteiger partial charge in [-0.3, -0.25) is 0 Å². The van der Waals surface area contributed by atoms with E-state index in [2.05, 4.69) is 10.5 Å². The van der Waals surface area contributed by atoms with E-state index in [1.165, 1.54) is 18.3 Å². The molecule has 0 spiro atoms. The van der Waals surface area contributed by atoms with Gasteiger partial charge >= 0.3 is 12.3 Å². The molecule has 0 heterocycles. The van der Waals surface area contributed by atoms with Gasteiger partial charge in [-0.2, -0.15) is 18.3 Å². The summed E-state index contributed by atoms with van der Waals surface area (Å²) in [6.07, 6.45) is -3.88. The molecule has 4 nitrogen and oxygen atoms in total. The molecule has 0 fully saturated rings. The molecule has 0 aromatic heterocycles. The zero-order valence-electron chi connectivity index (χ0n) is 11.3. The van der Waals surface area contributed by atoms with Crippen LogP contribution in [0, 0.1) is 0 Å². The molecule has 0 aliphatic rings. The molecule has 0 bridgehead atoms. The van der Waals surface area contributed by atoms with E-state index in [0.29, 0.717) is 5.56 Å². The minimum Gasteiger partial charge on any atom is -0.443 e. The first kappa shape index (κ1) is 16.0. The molecule has 0 atom stereocenters. The second-order valence-electron chi connectivity index (χ2n) is 4.99. The highest BCUT2D eigenvalue weighted by molar-refractivity contribution is 5.80. The van der Waals surface area contributed by atoms with E-state index >= 15 is 0 Å². The number of hydrogen-bond donors (Lipinski definition) is 1. The molecule has 1 rings (SSSR count). The second-order valence-corrected chi connectivity index (χ2v) is 4.99. The van der Waals surface area contributed by atoms with Gasteiger partial charge in [0.05, 0.1) is 11.8 Å². The molecular formula is C13H15F3N2O2.